The van der Waals surface area contributed by atoms with Crippen molar-refractivity contribution in [3.05, 3.63) is 35.0 Å². The first kappa shape index (κ1) is 14.9. The third-order valence-electron chi connectivity index (χ3n) is 2.52. The molecule has 0 fully saturated rings. The highest BCUT2D eigenvalue weighted by Gasteiger charge is 2.14. The summed E-state index contributed by atoms with van der Waals surface area (Å²) in [5.74, 6) is 0.0549. The van der Waals surface area contributed by atoms with Crippen molar-refractivity contribution in [1.29, 1.82) is 0 Å². The predicted molar refractivity (Wildman–Crippen MR) is 74.5 cm³/mol. The molecule has 0 spiro atoms. The summed E-state index contributed by atoms with van der Waals surface area (Å²) in [4.78, 5) is 16.8. The van der Waals surface area contributed by atoms with Gasteiger partial charge in [-0.3, -0.25) is 9.69 Å². The summed E-state index contributed by atoms with van der Waals surface area (Å²) in [6.45, 7) is 5.74. The van der Waals surface area contributed by atoms with E-state index in [1.807, 2.05) is 29.5 Å². The van der Waals surface area contributed by atoms with E-state index in [-0.39, 0.29) is 12.5 Å². The second kappa shape index (κ2) is 8.02. The maximum absolute atomic E-state index is 12.1. The van der Waals surface area contributed by atoms with Crippen LogP contribution in [0.2, 0.25) is 0 Å². The fourth-order valence-corrected chi connectivity index (χ4v) is 2.30. The molecule has 1 aromatic rings. The van der Waals surface area contributed by atoms with Crippen molar-refractivity contribution in [3.63, 3.8) is 0 Å². The average Bonchev–Trinajstić information content (AvgIpc) is 2.81. The van der Waals surface area contributed by atoms with Crippen molar-refractivity contribution in [2.75, 3.05) is 33.3 Å². The molecule has 5 heteroatoms. The van der Waals surface area contributed by atoms with Gasteiger partial charge in [0.15, 0.2) is 0 Å². The molecule has 0 atom stereocenters. The lowest BCUT2D eigenvalue weighted by molar-refractivity contribution is -0.132. The first-order valence-electron chi connectivity index (χ1n) is 5.87. The van der Waals surface area contributed by atoms with E-state index < -0.39 is 0 Å². The van der Waals surface area contributed by atoms with E-state index in [4.69, 9.17) is 5.11 Å². The Kier molecular flexibility index (Phi) is 6.64. The van der Waals surface area contributed by atoms with Gasteiger partial charge in [0.2, 0.25) is 5.91 Å². The number of nitrogens with zero attached hydrogens (tertiary/aromatic N) is 2. The third kappa shape index (κ3) is 5.00. The molecule has 1 heterocycles. The normalized spacial score (nSPS) is 10.6. The monoisotopic (exact) mass is 268 g/mol. The van der Waals surface area contributed by atoms with Crippen LogP contribution in [0, 0.1) is 0 Å². The maximum Gasteiger partial charge on any atom is 0.237 e. The van der Waals surface area contributed by atoms with Gasteiger partial charge in [0.25, 0.3) is 0 Å². The Bertz CT molecular complexity index is 365. The van der Waals surface area contributed by atoms with Gasteiger partial charge >= 0.3 is 0 Å². The smallest absolute Gasteiger partial charge is 0.237 e. The number of hydrogen-bond acceptors (Lipinski definition) is 4. The van der Waals surface area contributed by atoms with Gasteiger partial charge in [0.05, 0.1) is 19.7 Å². The van der Waals surface area contributed by atoms with Crippen LogP contribution >= 0.6 is 11.3 Å². The van der Waals surface area contributed by atoms with Crippen molar-refractivity contribution < 1.29 is 9.90 Å². The van der Waals surface area contributed by atoms with Gasteiger partial charge in [0, 0.05) is 18.0 Å². The van der Waals surface area contributed by atoms with E-state index in [2.05, 4.69) is 6.58 Å². The number of carbonyl (C=O) groups is 1. The molecular formula is C13H20N2O2S. The fourth-order valence-electron chi connectivity index (χ4n) is 1.58. The Labute approximate surface area is 112 Å². The summed E-state index contributed by atoms with van der Waals surface area (Å²) in [5, 5.41) is 10.8. The quantitative estimate of drug-likeness (QED) is 0.720. The Hall–Kier alpha value is -1.17. The number of aliphatic hydroxyl groups is 1. The van der Waals surface area contributed by atoms with E-state index >= 15 is 0 Å². The zero-order chi connectivity index (χ0) is 13.4. The first-order valence-corrected chi connectivity index (χ1v) is 6.75. The van der Waals surface area contributed by atoms with Crippen LogP contribution in [0.4, 0.5) is 0 Å². The minimum atomic E-state index is 0.0549. The second-order valence-corrected chi connectivity index (χ2v) is 5.14. The van der Waals surface area contributed by atoms with Gasteiger partial charge in [-0.25, -0.2) is 0 Å². The van der Waals surface area contributed by atoms with Crippen LogP contribution in [0.25, 0.3) is 0 Å². The standard InChI is InChI=1S/C13H20N2O2S/c1-3-6-15(10-12-5-4-9-18-12)13(17)11-14(2)7-8-16/h3-5,9,16H,1,6-8,10-11H2,2H3. The highest BCUT2D eigenvalue weighted by molar-refractivity contribution is 7.09. The third-order valence-corrected chi connectivity index (χ3v) is 3.38. The Morgan fingerprint density at radius 3 is 2.94 bits per heavy atom. The minimum absolute atomic E-state index is 0.0549. The molecule has 0 bridgehead atoms. The molecule has 100 valence electrons. The van der Waals surface area contributed by atoms with E-state index in [9.17, 15) is 4.79 Å². The van der Waals surface area contributed by atoms with E-state index in [0.29, 0.717) is 26.2 Å². The lowest BCUT2D eigenvalue weighted by Crippen LogP contribution is -2.39. The summed E-state index contributed by atoms with van der Waals surface area (Å²) in [5.41, 5.74) is 0. The van der Waals surface area contributed by atoms with Crippen LogP contribution in [0.1, 0.15) is 4.88 Å². The zero-order valence-corrected chi connectivity index (χ0v) is 11.5. The van der Waals surface area contributed by atoms with Crippen LogP contribution in [-0.4, -0.2) is 54.1 Å². The number of rotatable bonds is 8. The summed E-state index contributed by atoms with van der Waals surface area (Å²) < 4.78 is 0. The Morgan fingerprint density at radius 1 is 1.61 bits per heavy atom. The molecule has 0 radical (unpaired) electrons. The molecule has 0 aliphatic carbocycles. The maximum atomic E-state index is 12.1. The van der Waals surface area contributed by atoms with Crippen molar-refractivity contribution >= 4 is 17.2 Å². The molecule has 0 saturated carbocycles. The molecule has 0 unspecified atom stereocenters. The van der Waals surface area contributed by atoms with Gasteiger partial charge in [-0.05, 0) is 18.5 Å². The van der Waals surface area contributed by atoms with Gasteiger partial charge in [0.1, 0.15) is 0 Å². The predicted octanol–water partition coefficient (Wildman–Crippen LogP) is 1.19. The fraction of sp³-hybridized carbons (Fsp3) is 0.462. The van der Waals surface area contributed by atoms with Crippen LogP contribution in [-0.2, 0) is 11.3 Å². The summed E-state index contributed by atoms with van der Waals surface area (Å²) in [7, 11) is 1.82. The highest BCUT2D eigenvalue weighted by Crippen LogP contribution is 2.12. The molecular weight excluding hydrogens is 248 g/mol. The summed E-state index contributed by atoms with van der Waals surface area (Å²) in [6.07, 6.45) is 1.73. The number of hydrogen-bond donors (Lipinski definition) is 1. The molecule has 1 amide bonds. The average molecular weight is 268 g/mol. The molecule has 0 aliphatic rings. The van der Waals surface area contributed by atoms with Crippen molar-refractivity contribution in [1.82, 2.24) is 9.80 Å². The molecule has 1 rings (SSSR count). The van der Waals surface area contributed by atoms with Crippen LogP contribution in [0.15, 0.2) is 30.2 Å². The summed E-state index contributed by atoms with van der Waals surface area (Å²) in [6, 6.07) is 4.00. The van der Waals surface area contributed by atoms with E-state index in [1.165, 1.54) is 0 Å². The van der Waals surface area contributed by atoms with Crippen molar-refractivity contribution in [2.24, 2.45) is 0 Å². The Morgan fingerprint density at radius 2 is 2.39 bits per heavy atom. The van der Waals surface area contributed by atoms with E-state index in [0.717, 1.165) is 4.88 Å². The van der Waals surface area contributed by atoms with Gasteiger partial charge < -0.3 is 10.0 Å². The number of amides is 1. The Balaban J connectivity index is 2.54. The number of carbonyl (C=O) groups excluding carboxylic acids is 1. The zero-order valence-electron chi connectivity index (χ0n) is 10.7. The lowest BCUT2D eigenvalue weighted by Gasteiger charge is -2.23. The lowest BCUT2D eigenvalue weighted by atomic mass is 10.3. The highest BCUT2D eigenvalue weighted by atomic mass is 32.1. The van der Waals surface area contributed by atoms with Crippen LogP contribution in [0.5, 0.6) is 0 Å². The largest absolute Gasteiger partial charge is 0.395 e. The molecule has 0 aromatic carbocycles. The summed E-state index contributed by atoms with van der Waals surface area (Å²) >= 11 is 1.64. The SMILES string of the molecule is C=CCN(Cc1cccs1)C(=O)CN(C)CCO. The molecule has 4 nitrogen and oxygen atoms in total. The number of aliphatic hydroxyl groups excluding tert-OH is 1. The molecule has 1 aromatic heterocycles. The molecule has 18 heavy (non-hydrogen) atoms. The molecule has 0 aliphatic heterocycles. The van der Waals surface area contributed by atoms with Gasteiger partial charge in [-0.2, -0.15) is 0 Å². The van der Waals surface area contributed by atoms with Gasteiger partial charge in [-0.1, -0.05) is 12.1 Å². The van der Waals surface area contributed by atoms with Gasteiger partial charge in [-0.15, -0.1) is 17.9 Å². The second-order valence-electron chi connectivity index (χ2n) is 4.10. The minimum Gasteiger partial charge on any atom is -0.395 e. The van der Waals surface area contributed by atoms with Crippen molar-refractivity contribution in [3.8, 4) is 0 Å². The van der Waals surface area contributed by atoms with E-state index in [1.54, 1.807) is 22.3 Å². The van der Waals surface area contributed by atoms with Crippen LogP contribution < -0.4 is 0 Å². The number of likely N-dealkylation sites (N-methyl/N-ethyl adjacent to an activating group) is 1. The first-order chi connectivity index (χ1) is 8.67. The number of thiophene rings is 1. The topological polar surface area (TPSA) is 43.8 Å². The van der Waals surface area contributed by atoms with Crippen molar-refractivity contribution in [2.45, 2.75) is 6.54 Å². The van der Waals surface area contributed by atoms with Crippen LogP contribution in [0.3, 0.4) is 0 Å². The molecule has 0 saturated heterocycles. The molecule has 1 N–H and O–H groups in total.